The average molecular weight is 292 g/mol. The van der Waals surface area contributed by atoms with E-state index in [0.29, 0.717) is 30.1 Å². The standard InChI is InChI=1S/C16H24N2O3/c1-5-12-14(10(3)19)9(2)17-15(12)16(21)18(4)8-13(20)11-6-7-11/h11,13,17,20H,5-8H2,1-4H3. The number of aromatic nitrogens is 1. The van der Waals surface area contributed by atoms with Crippen molar-refractivity contribution in [1.29, 1.82) is 0 Å². The van der Waals surface area contributed by atoms with E-state index in [1.54, 1.807) is 7.05 Å². The van der Waals surface area contributed by atoms with Gasteiger partial charge in [0.05, 0.1) is 6.10 Å². The summed E-state index contributed by atoms with van der Waals surface area (Å²) in [6, 6.07) is 0. The molecule has 0 spiro atoms. The molecule has 0 bridgehead atoms. The molecule has 0 radical (unpaired) electrons. The molecule has 0 saturated heterocycles. The highest BCUT2D eigenvalue weighted by molar-refractivity contribution is 6.02. The Kier molecular flexibility index (Phi) is 4.52. The fourth-order valence-electron chi connectivity index (χ4n) is 2.87. The first-order chi connectivity index (χ1) is 9.86. The zero-order chi connectivity index (χ0) is 15.7. The number of nitrogens with one attached hydrogen (secondary N) is 1. The summed E-state index contributed by atoms with van der Waals surface area (Å²) < 4.78 is 0. The van der Waals surface area contributed by atoms with Crippen LogP contribution in [0.2, 0.25) is 0 Å². The molecule has 1 aliphatic carbocycles. The summed E-state index contributed by atoms with van der Waals surface area (Å²) in [6.45, 7) is 5.60. The average Bonchev–Trinajstić information content (AvgIpc) is 3.20. The highest BCUT2D eigenvalue weighted by atomic mass is 16.3. The Morgan fingerprint density at radius 3 is 2.52 bits per heavy atom. The van der Waals surface area contributed by atoms with E-state index in [1.165, 1.54) is 11.8 Å². The number of aliphatic hydroxyl groups is 1. The molecule has 116 valence electrons. The van der Waals surface area contributed by atoms with Crippen molar-refractivity contribution in [3.05, 3.63) is 22.5 Å². The first-order valence-electron chi connectivity index (χ1n) is 7.52. The van der Waals surface area contributed by atoms with E-state index < -0.39 is 6.10 Å². The van der Waals surface area contributed by atoms with Gasteiger partial charge in [-0.05, 0) is 44.6 Å². The van der Waals surface area contributed by atoms with Crippen LogP contribution in [0.15, 0.2) is 0 Å². The number of H-pyrrole nitrogens is 1. The number of ketones is 1. The van der Waals surface area contributed by atoms with E-state index in [4.69, 9.17) is 0 Å². The number of aromatic amines is 1. The second kappa shape index (κ2) is 6.02. The third-order valence-corrected chi connectivity index (χ3v) is 4.18. The van der Waals surface area contributed by atoms with Crippen LogP contribution in [0.3, 0.4) is 0 Å². The van der Waals surface area contributed by atoms with Gasteiger partial charge >= 0.3 is 0 Å². The Balaban J connectivity index is 2.21. The lowest BCUT2D eigenvalue weighted by Gasteiger charge is -2.20. The molecule has 1 aliphatic rings. The predicted octanol–water partition coefficient (Wildman–Crippen LogP) is 1.93. The Morgan fingerprint density at radius 2 is 2.05 bits per heavy atom. The van der Waals surface area contributed by atoms with Crippen LogP contribution in [-0.4, -0.2) is 46.4 Å². The fourth-order valence-corrected chi connectivity index (χ4v) is 2.87. The first kappa shape index (κ1) is 15.8. The van der Waals surface area contributed by atoms with Gasteiger partial charge in [0.25, 0.3) is 5.91 Å². The summed E-state index contributed by atoms with van der Waals surface area (Å²) in [5.41, 5.74) is 2.61. The van der Waals surface area contributed by atoms with Gasteiger partial charge in [0.1, 0.15) is 5.69 Å². The minimum Gasteiger partial charge on any atom is -0.391 e. The molecule has 21 heavy (non-hydrogen) atoms. The quantitative estimate of drug-likeness (QED) is 0.787. The number of Topliss-reactive ketones (excluding diaryl/α,β-unsaturated/α-hetero) is 1. The Bertz CT molecular complexity index is 558. The number of carbonyl (C=O) groups excluding carboxylic acids is 2. The molecule has 1 saturated carbocycles. The number of hydrogen-bond donors (Lipinski definition) is 2. The van der Waals surface area contributed by atoms with Crippen LogP contribution in [0.1, 0.15) is 58.8 Å². The van der Waals surface area contributed by atoms with Gasteiger partial charge < -0.3 is 15.0 Å². The summed E-state index contributed by atoms with van der Waals surface area (Å²) in [4.78, 5) is 28.9. The van der Waals surface area contributed by atoms with Gasteiger partial charge in [0.15, 0.2) is 5.78 Å². The van der Waals surface area contributed by atoms with Crippen LogP contribution in [0.25, 0.3) is 0 Å². The number of carbonyl (C=O) groups is 2. The van der Waals surface area contributed by atoms with E-state index in [0.717, 1.165) is 24.1 Å². The largest absolute Gasteiger partial charge is 0.391 e. The molecule has 0 aromatic carbocycles. The molecule has 5 heteroatoms. The van der Waals surface area contributed by atoms with Gasteiger partial charge in [-0.2, -0.15) is 0 Å². The van der Waals surface area contributed by atoms with E-state index >= 15 is 0 Å². The Morgan fingerprint density at radius 1 is 1.43 bits per heavy atom. The third-order valence-electron chi connectivity index (χ3n) is 4.18. The van der Waals surface area contributed by atoms with Crippen LogP contribution in [0.4, 0.5) is 0 Å². The van der Waals surface area contributed by atoms with Crippen molar-refractivity contribution in [2.24, 2.45) is 5.92 Å². The third kappa shape index (κ3) is 3.18. The fraction of sp³-hybridized carbons (Fsp3) is 0.625. The lowest BCUT2D eigenvalue weighted by molar-refractivity contribution is 0.0640. The van der Waals surface area contributed by atoms with Crippen molar-refractivity contribution in [2.45, 2.75) is 46.1 Å². The lowest BCUT2D eigenvalue weighted by atomic mass is 10.0. The topological polar surface area (TPSA) is 73.4 Å². The molecule has 1 aromatic rings. The number of likely N-dealkylation sites (N-methyl/N-ethyl adjacent to an activating group) is 1. The summed E-state index contributed by atoms with van der Waals surface area (Å²) in [7, 11) is 1.69. The number of nitrogens with zero attached hydrogens (tertiary/aromatic N) is 1. The van der Waals surface area contributed by atoms with Crippen molar-refractivity contribution in [3.8, 4) is 0 Å². The highest BCUT2D eigenvalue weighted by Gasteiger charge is 2.32. The van der Waals surface area contributed by atoms with Crippen LogP contribution < -0.4 is 0 Å². The number of aryl methyl sites for hydroxylation is 1. The highest BCUT2D eigenvalue weighted by Crippen LogP contribution is 2.33. The molecule has 1 aromatic heterocycles. The summed E-state index contributed by atoms with van der Waals surface area (Å²) in [6.07, 6.45) is 2.26. The van der Waals surface area contributed by atoms with E-state index in [2.05, 4.69) is 4.98 Å². The molecule has 1 fully saturated rings. The van der Waals surface area contributed by atoms with Gasteiger partial charge in [-0.25, -0.2) is 0 Å². The molecule has 1 heterocycles. The smallest absolute Gasteiger partial charge is 0.270 e. The first-order valence-corrected chi connectivity index (χ1v) is 7.52. The monoisotopic (exact) mass is 292 g/mol. The SMILES string of the molecule is CCc1c(C(=O)N(C)CC(O)C2CC2)[nH]c(C)c1C(C)=O. The maximum absolute atomic E-state index is 12.6. The van der Waals surface area contributed by atoms with Crippen LogP contribution in [0, 0.1) is 12.8 Å². The van der Waals surface area contributed by atoms with Crippen LogP contribution >= 0.6 is 0 Å². The second-order valence-electron chi connectivity index (χ2n) is 5.98. The van der Waals surface area contributed by atoms with Crippen molar-refractivity contribution < 1.29 is 14.7 Å². The summed E-state index contributed by atoms with van der Waals surface area (Å²) in [5, 5.41) is 9.97. The maximum atomic E-state index is 12.6. The van der Waals surface area contributed by atoms with E-state index in [1.807, 2.05) is 13.8 Å². The number of amides is 1. The molecule has 1 amide bonds. The van der Waals surface area contributed by atoms with Crippen molar-refractivity contribution >= 4 is 11.7 Å². The number of hydrogen-bond acceptors (Lipinski definition) is 3. The van der Waals surface area contributed by atoms with Crippen molar-refractivity contribution in [1.82, 2.24) is 9.88 Å². The van der Waals surface area contributed by atoms with Crippen LogP contribution in [-0.2, 0) is 6.42 Å². The molecule has 1 unspecified atom stereocenters. The molecule has 5 nitrogen and oxygen atoms in total. The molecular formula is C16H24N2O3. The second-order valence-corrected chi connectivity index (χ2v) is 5.98. The molecule has 2 N–H and O–H groups in total. The van der Waals surface area contributed by atoms with Gasteiger partial charge in [-0.3, -0.25) is 9.59 Å². The van der Waals surface area contributed by atoms with E-state index in [9.17, 15) is 14.7 Å². The summed E-state index contributed by atoms with van der Waals surface area (Å²) >= 11 is 0. The van der Waals surface area contributed by atoms with Gasteiger partial charge in [0, 0.05) is 24.8 Å². The van der Waals surface area contributed by atoms with Crippen LogP contribution in [0.5, 0.6) is 0 Å². The van der Waals surface area contributed by atoms with Crippen molar-refractivity contribution in [3.63, 3.8) is 0 Å². The normalized spacial score (nSPS) is 15.9. The minimum atomic E-state index is -0.452. The van der Waals surface area contributed by atoms with Gasteiger partial charge in [-0.15, -0.1) is 0 Å². The zero-order valence-corrected chi connectivity index (χ0v) is 13.2. The molecule has 2 rings (SSSR count). The molecular weight excluding hydrogens is 268 g/mol. The van der Waals surface area contributed by atoms with E-state index in [-0.39, 0.29) is 11.7 Å². The summed E-state index contributed by atoms with van der Waals surface area (Å²) in [5.74, 6) is 0.145. The Labute approximate surface area is 125 Å². The van der Waals surface area contributed by atoms with Gasteiger partial charge in [-0.1, -0.05) is 6.92 Å². The van der Waals surface area contributed by atoms with Crippen molar-refractivity contribution in [2.75, 3.05) is 13.6 Å². The zero-order valence-electron chi connectivity index (χ0n) is 13.2. The molecule has 1 atom stereocenters. The number of rotatable bonds is 6. The lowest BCUT2D eigenvalue weighted by Crippen LogP contribution is -2.35. The Hall–Kier alpha value is -1.62. The minimum absolute atomic E-state index is 0.0275. The predicted molar refractivity (Wildman–Crippen MR) is 80.6 cm³/mol. The number of aliphatic hydroxyl groups excluding tert-OH is 1. The maximum Gasteiger partial charge on any atom is 0.270 e. The molecule has 0 aliphatic heterocycles. The van der Waals surface area contributed by atoms with Gasteiger partial charge in [0.2, 0.25) is 0 Å².